The number of allylic oxidation sites excluding steroid dienone is 5. The maximum Gasteiger partial charge on any atom is 0.305 e. The van der Waals surface area contributed by atoms with Crippen molar-refractivity contribution in [2.24, 2.45) is 0 Å². The van der Waals surface area contributed by atoms with E-state index in [0.29, 0.717) is 19.4 Å². The van der Waals surface area contributed by atoms with Gasteiger partial charge in [-0.2, -0.15) is 0 Å². The van der Waals surface area contributed by atoms with Crippen LogP contribution in [0, 0.1) is 0 Å². The molecule has 0 aromatic heterocycles. The minimum absolute atomic E-state index is 0.0285. The number of hydrogen-bond donors (Lipinski definition) is 6. The molecule has 0 radical (unpaired) electrons. The first kappa shape index (κ1) is 68.9. The molecule has 0 spiro atoms. The van der Waals surface area contributed by atoms with Gasteiger partial charge in [0.1, 0.15) is 24.4 Å². The molecule has 11 nitrogen and oxygen atoms in total. The Bertz CT molecular complexity index is 1310. The van der Waals surface area contributed by atoms with Gasteiger partial charge in [-0.05, 0) is 64.2 Å². The molecule has 0 aliphatic carbocycles. The van der Waals surface area contributed by atoms with Crippen LogP contribution in [0.5, 0.6) is 0 Å². The zero-order valence-electron chi connectivity index (χ0n) is 47.1. The van der Waals surface area contributed by atoms with Crippen molar-refractivity contribution < 1.29 is 49.3 Å². The summed E-state index contributed by atoms with van der Waals surface area (Å²) in [5, 5.41) is 54.5. The summed E-state index contributed by atoms with van der Waals surface area (Å²) in [6, 6.07) is -0.818. The van der Waals surface area contributed by atoms with Crippen molar-refractivity contribution >= 4 is 11.9 Å². The van der Waals surface area contributed by atoms with Crippen molar-refractivity contribution in [3.63, 3.8) is 0 Å². The molecule has 1 rings (SSSR count). The van der Waals surface area contributed by atoms with Crippen LogP contribution in [0.15, 0.2) is 36.5 Å². The second kappa shape index (κ2) is 52.0. The van der Waals surface area contributed by atoms with Gasteiger partial charge in [-0.1, -0.05) is 243 Å². The van der Waals surface area contributed by atoms with E-state index in [2.05, 4.69) is 43.5 Å². The standard InChI is InChI=1S/C62H115NO10/c1-3-5-7-9-11-13-15-16-22-25-29-32-36-40-44-48-55(65)54(53-72-62-61(70)60(69)59(68)56(52-64)73-62)63-57(66)49-45-41-37-33-30-26-23-20-18-17-19-21-24-27-31-35-39-43-47-51-71-58(67)50-46-42-38-34-28-14-12-10-8-6-4-2/h21,24,27,31,44,48,54-56,59-62,64-65,68-70H,3-20,22-23,25-26,28-30,32-43,45-47,49-53H2,1-2H3,(H,63,66)/b24-21-,31-27-,48-44+. The van der Waals surface area contributed by atoms with Crippen LogP contribution in [-0.2, 0) is 23.8 Å². The predicted molar refractivity (Wildman–Crippen MR) is 301 cm³/mol. The van der Waals surface area contributed by atoms with E-state index in [4.69, 9.17) is 14.2 Å². The number of esters is 1. The fourth-order valence-electron chi connectivity index (χ4n) is 9.60. The SMILES string of the molecule is CCCCCCCCCCCCCCC/C=C/C(O)C(COC1OC(CO)C(O)C(O)C1O)NC(=O)CCCCCCCCCCCC/C=C\C=C/CCCCCOC(=O)CCCCCCCCCCCCC. The molecule has 6 N–H and O–H groups in total. The third-order valence-electron chi connectivity index (χ3n) is 14.5. The minimum atomic E-state index is -1.58. The first-order valence-corrected chi connectivity index (χ1v) is 30.8. The highest BCUT2D eigenvalue weighted by Crippen LogP contribution is 2.23. The van der Waals surface area contributed by atoms with Gasteiger partial charge in [0, 0.05) is 12.8 Å². The average molecular weight is 1030 g/mol. The van der Waals surface area contributed by atoms with Gasteiger partial charge in [-0.3, -0.25) is 9.59 Å². The second-order valence-corrected chi connectivity index (χ2v) is 21.4. The van der Waals surface area contributed by atoms with Crippen molar-refractivity contribution in [2.75, 3.05) is 19.8 Å². The van der Waals surface area contributed by atoms with Crippen LogP contribution in [0.1, 0.15) is 284 Å². The van der Waals surface area contributed by atoms with Crippen LogP contribution >= 0.6 is 0 Å². The second-order valence-electron chi connectivity index (χ2n) is 21.4. The summed E-state index contributed by atoms with van der Waals surface area (Å²) < 4.78 is 16.7. The van der Waals surface area contributed by atoms with Gasteiger partial charge in [0.2, 0.25) is 5.91 Å². The summed E-state index contributed by atoms with van der Waals surface area (Å²) in [4.78, 5) is 25.1. The van der Waals surface area contributed by atoms with E-state index in [-0.39, 0.29) is 18.5 Å². The highest BCUT2D eigenvalue weighted by molar-refractivity contribution is 5.76. The molecule has 1 aliphatic heterocycles. The van der Waals surface area contributed by atoms with Crippen molar-refractivity contribution in [1.82, 2.24) is 5.32 Å². The molecule has 428 valence electrons. The van der Waals surface area contributed by atoms with Crippen LogP contribution in [-0.4, -0.2) is 100 Å². The predicted octanol–water partition coefficient (Wildman–Crippen LogP) is 14.3. The summed E-state index contributed by atoms with van der Waals surface area (Å²) in [6.07, 6.45) is 53.7. The lowest BCUT2D eigenvalue weighted by atomic mass is 9.99. The Balaban J connectivity index is 2.14. The number of amides is 1. The Kier molecular flexibility index (Phi) is 49.0. The van der Waals surface area contributed by atoms with Crippen molar-refractivity contribution in [1.29, 1.82) is 0 Å². The summed E-state index contributed by atoms with van der Waals surface area (Å²) in [5.41, 5.74) is 0. The molecular formula is C62H115NO10. The van der Waals surface area contributed by atoms with Crippen LogP contribution in [0.25, 0.3) is 0 Å². The number of unbranched alkanes of at least 4 members (excludes halogenated alkanes) is 36. The summed E-state index contributed by atoms with van der Waals surface area (Å²) in [6.45, 7) is 4.31. The van der Waals surface area contributed by atoms with E-state index in [1.165, 1.54) is 167 Å². The zero-order valence-corrected chi connectivity index (χ0v) is 47.1. The van der Waals surface area contributed by atoms with E-state index in [1.54, 1.807) is 6.08 Å². The van der Waals surface area contributed by atoms with Gasteiger partial charge in [0.25, 0.3) is 0 Å². The quantitative estimate of drug-likeness (QED) is 0.0149. The number of aliphatic hydroxyl groups excluding tert-OH is 5. The lowest BCUT2D eigenvalue weighted by Crippen LogP contribution is -2.60. The Morgan fingerprint density at radius 3 is 1.36 bits per heavy atom. The van der Waals surface area contributed by atoms with Gasteiger partial charge in [-0.15, -0.1) is 0 Å². The molecule has 7 unspecified atom stereocenters. The highest BCUT2D eigenvalue weighted by Gasteiger charge is 2.44. The molecule has 0 saturated carbocycles. The smallest absolute Gasteiger partial charge is 0.305 e. The highest BCUT2D eigenvalue weighted by atomic mass is 16.7. The van der Waals surface area contributed by atoms with E-state index < -0.39 is 49.5 Å². The van der Waals surface area contributed by atoms with Crippen LogP contribution < -0.4 is 5.32 Å². The number of carbonyl (C=O) groups is 2. The lowest BCUT2D eigenvalue weighted by molar-refractivity contribution is -0.302. The molecule has 1 fully saturated rings. The molecule has 1 saturated heterocycles. The maximum absolute atomic E-state index is 13.1. The van der Waals surface area contributed by atoms with Gasteiger partial charge in [0.05, 0.1) is 32.0 Å². The van der Waals surface area contributed by atoms with E-state index >= 15 is 0 Å². The van der Waals surface area contributed by atoms with Crippen LogP contribution in [0.2, 0.25) is 0 Å². The maximum atomic E-state index is 13.1. The summed E-state index contributed by atoms with van der Waals surface area (Å²) >= 11 is 0. The molecule has 73 heavy (non-hydrogen) atoms. The zero-order chi connectivity index (χ0) is 53.1. The summed E-state index contributed by atoms with van der Waals surface area (Å²) in [5.74, 6) is -0.219. The van der Waals surface area contributed by atoms with E-state index in [0.717, 1.165) is 89.9 Å². The van der Waals surface area contributed by atoms with Crippen molar-refractivity contribution in [3.8, 4) is 0 Å². The monoisotopic (exact) mass is 1030 g/mol. The molecule has 0 bridgehead atoms. The number of hydrogen-bond acceptors (Lipinski definition) is 10. The molecule has 0 aromatic rings. The number of carbonyl (C=O) groups excluding carboxylic acids is 2. The molecular weight excluding hydrogens is 919 g/mol. The number of nitrogens with one attached hydrogen (secondary N) is 1. The van der Waals surface area contributed by atoms with Crippen LogP contribution in [0.4, 0.5) is 0 Å². The van der Waals surface area contributed by atoms with Gasteiger partial charge < -0.3 is 45.1 Å². The minimum Gasteiger partial charge on any atom is -0.466 e. The van der Waals surface area contributed by atoms with E-state index in [1.807, 2.05) is 6.08 Å². The van der Waals surface area contributed by atoms with Gasteiger partial charge in [-0.25, -0.2) is 0 Å². The molecule has 0 aromatic carbocycles. The van der Waals surface area contributed by atoms with Crippen molar-refractivity contribution in [3.05, 3.63) is 36.5 Å². The molecule has 1 heterocycles. The molecule has 11 heteroatoms. The third-order valence-corrected chi connectivity index (χ3v) is 14.5. The normalized spacial score (nSPS) is 19.1. The van der Waals surface area contributed by atoms with Crippen LogP contribution in [0.3, 0.4) is 0 Å². The Morgan fingerprint density at radius 1 is 0.507 bits per heavy atom. The topological polar surface area (TPSA) is 175 Å². The van der Waals surface area contributed by atoms with Crippen molar-refractivity contribution in [2.45, 2.75) is 326 Å². The Labute approximate surface area is 447 Å². The fourth-order valence-corrected chi connectivity index (χ4v) is 9.60. The van der Waals surface area contributed by atoms with Gasteiger partial charge >= 0.3 is 5.97 Å². The van der Waals surface area contributed by atoms with Gasteiger partial charge in [0.15, 0.2) is 6.29 Å². The Morgan fingerprint density at radius 2 is 0.904 bits per heavy atom. The number of ether oxygens (including phenoxy) is 3. The molecule has 1 aliphatic rings. The first-order chi connectivity index (χ1) is 35.7. The number of aliphatic hydroxyl groups is 5. The third kappa shape index (κ3) is 41.7. The average Bonchev–Trinajstić information content (AvgIpc) is 3.39. The summed E-state index contributed by atoms with van der Waals surface area (Å²) in [7, 11) is 0. The fraction of sp³-hybridized carbons (Fsp3) is 0.871. The molecule has 7 atom stereocenters. The number of rotatable bonds is 53. The molecule has 1 amide bonds. The largest absolute Gasteiger partial charge is 0.466 e. The first-order valence-electron chi connectivity index (χ1n) is 30.8. The van der Waals surface area contributed by atoms with E-state index in [9.17, 15) is 35.1 Å². The lowest BCUT2D eigenvalue weighted by Gasteiger charge is -2.40. The Hall–Kier alpha value is -2.12.